The molecule has 0 saturated carbocycles. The smallest absolute Gasteiger partial charge is 0.0547 e. The Morgan fingerprint density at radius 2 is 0.839 bits per heavy atom. The van der Waals surface area contributed by atoms with Crippen molar-refractivity contribution in [3.05, 3.63) is 212 Å². The molecule has 2 heteroatoms. The molecule has 0 saturated heterocycles. The molecule has 1 nitrogen and oxygen atoms in total. The summed E-state index contributed by atoms with van der Waals surface area (Å²) in [5, 5.41) is 10.0. The number of anilines is 3. The zero-order valence-corrected chi connectivity index (χ0v) is 31.4. The number of thiophene rings is 1. The number of benzene rings is 10. The lowest BCUT2D eigenvalue weighted by Crippen LogP contribution is -2.12. The lowest BCUT2D eigenvalue weighted by Gasteiger charge is -2.30. The van der Waals surface area contributed by atoms with Gasteiger partial charge in [0.2, 0.25) is 0 Å². The zero-order chi connectivity index (χ0) is 37.0. The molecular formula is C54H35NS. The van der Waals surface area contributed by atoms with Gasteiger partial charge in [-0.1, -0.05) is 188 Å². The minimum absolute atomic E-state index is 1.13. The Balaban J connectivity index is 1.21. The fraction of sp³-hybridized carbons (Fsp3) is 0. The minimum Gasteiger partial charge on any atom is -0.309 e. The van der Waals surface area contributed by atoms with Gasteiger partial charge in [-0.3, -0.25) is 0 Å². The molecule has 1 heterocycles. The molecule has 0 aliphatic carbocycles. The fourth-order valence-corrected chi connectivity index (χ4v) is 9.92. The molecule has 10 aromatic carbocycles. The molecule has 11 rings (SSSR count). The number of hydrogen-bond acceptors (Lipinski definition) is 2. The van der Waals surface area contributed by atoms with Crippen LogP contribution >= 0.6 is 11.3 Å². The summed E-state index contributed by atoms with van der Waals surface area (Å²) >= 11 is 1.90. The Kier molecular flexibility index (Phi) is 7.75. The molecule has 0 bridgehead atoms. The number of fused-ring (bicyclic) bond motifs is 7. The van der Waals surface area contributed by atoms with Crippen LogP contribution in [-0.2, 0) is 0 Å². The van der Waals surface area contributed by atoms with Crippen LogP contribution < -0.4 is 4.90 Å². The summed E-state index contributed by atoms with van der Waals surface area (Å²) in [6.45, 7) is 0. The number of para-hydroxylation sites is 1. The van der Waals surface area contributed by atoms with Crippen LogP contribution in [0.4, 0.5) is 17.1 Å². The Bertz CT molecular complexity index is 3240. The van der Waals surface area contributed by atoms with E-state index in [1.165, 1.54) is 85.9 Å². The van der Waals surface area contributed by atoms with E-state index in [2.05, 4.69) is 217 Å². The van der Waals surface area contributed by atoms with Crippen LogP contribution in [-0.4, -0.2) is 0 Å². The van der Waals surface area contributed by atoms with Crippen molar-refractivity contribution in [2.24, 2.45) is 0 Å². The van der Waals surface area contributed by atoms with Crippen LogP contribution in [0.25, 0.3) is 85.9 Å². The van der Waals surface area contributed by atoms with Crippen LogP contribution in [0, 0.1) is 0 Å². The lowest BCUT2D eigenvalue weighted by atomic mass is 9.93. The van der Waals surface area contributed by atoms with Crippen molar-refractivity contribution in [3.63, 3.8) is 0 Å². The number of hydrogen-bond donors (Lipinski definition) is 0. The molecule has 56 heavy (non-hydrogen) atoms. The maximum absolute atomic E-state index is 2.52. The van der Waals surface area contributed by atoms with Gasteiger partial charge in [0, 0.05) is 41.9 Å². The van der Waals surface area contributed by atoms with Crippen molar-refractivity contribution in [2.45, 2.75) is 0 Å². The third kappa shape index (κ3) is 5.30. The van der Waals surface area contributed by atoms with Gasteiger partial charge in [-0.05, 0) is 68.2 Å². The van der Waals surface area contributed by atoms with Crippen LogP contribution in [0.3, 0.4) is 0 Å². The zero-order valence-electron chi connectivity index (χ0n) is 30.6. The average molecular weight is 730 g/mol. The van der Waals surface area contributed by atoms with Gasteiger partial charge in [-0.25, -0.2) is 0 Å². The first-order valence-corrected chi connectivity index (χ1v) is 20.0. The second kappa shape index (κ2) is 13.4. The van der Waals surface area contributed by atoms with Crippen molar-refractivity contribution in [1.82, 2.24) is 0 Å². The number of rotatable bonds is 6. The summed E-state index contributed by atoms with van der Waals surface area (Å²) < 4.78 is 2.61. The van der Waals surface area contributed by atoms with Crippen molar-refractivity contribution in [1.29, 1.82) is 0 Å². The third-order valence-electron chi connectivity index (χ3n) is 11.3. The predicted molar refractivity (Wildman–Crippen MR) is 243 cm³/mol. The molecule has 1 aromatic heterocycles. The Labute approximate surface area is 330 Å². The Morgan fingerprint density at radius 1 is 0.304 bits per heavy atom. The van der Waals surface area contributed by atoms with Crippen LogP contribution in [0.5, 0.6) is 0 Å². The summed E-state index contributed by atoms with van der Waals surface area (Å²) in [6, 6.07) is 77.7. The second-order valence-electron chi connectivity index (χ2n) is 14.4. The first kappa shape index (κ1) is 32.4. The quantitative estimate of drug-likeness (QED) is 0.165. The maximum Gasteiger partial charge on any atom is 0.0547 e. The molecule has 0 aliphatic rings. The van der Waals surface area contributed by atoms with Gasteiger partial charge in [0.15, 0.2) is 0 Å². The molecule has 0 atom stereocenters. The maximum atomic E-state index is 2.52. The van der Waals surface area contributed by atoms with E-state index in [4.69, 9.17) is 0 Å². The van der Waals surface area contributed by atoms with Gasteiger partial charge >= 0.3 is 0 Å². The molecule has 0 unspecified atom stereocenters. The highest BCUT2D eigenvalue weighted by atomic mass is 32.1. The van der Waals surface area contributed by atoms with Gasteiger partial charge in [-0.15, -0.1) is 11.3 Å². The van der Waals surface area contributed by atoms with Crippen molar-refractivity contribution < 1.29 is 0 Å². The molecule has 0 aliphatic heterocycles. The van der Waals surface area contributed by atoms with Gasteiger partial charge in [0.1, 0.15) is 0 Å². The van der Waals surface area contributed by atoms with Crippen molar-refractivity contribution in [3.8, 4) is 33.4 Å². The summed E-state index contributed by atoms with van der Waals surface area (Å²) in [6.07, 6.45) is 0. The van der Waals surface area contributed by atoms with E-state index in [0.29, 0.717) is 0 Å². The van der Waals surface area contributed by atoms with E-state index in [9.17, 15) is 0 Å². The largest absolute Gasteiger partial charge is 0.309 e. The summed E-state index contributed by atoms with van der Waals surface area (Å²) in [5.41, 5.74) is 10.7. The van der Waals surface area contributed by atoms with E-state index in [1.807, 2.05) is 11.3 Å². The molecule has 0 N–H and O–H groups in total. The highest BCUT2D eigenvalue weighted by Crippen LogP contribution is 2.51. The predicted octanol–water partition coefficient (Wildman–Crippen LogP) is 16.0. The van der Waals surface area contributed by atoms with E-state index in [-0.39, 0.29) is 0 Å². The van der Waals surface area contributed by atoms with Gasteiger partial charge in [-0.2, -0.15) is 0 Å². The summed E-state index contributed by atoms with van der Waals surface area (Å²) in [7, 11) is 0. The fourth-order valence-electron chi connectivity index (χ4n) is 8.68. The summed E-state index contributed by atoms with van der Waals surface area (Å²) in [5.74, 6) is 0. The monoisotopic (exact) mass is 729 g/mol. The van der Waals surface area contributed by atoms with E-state index in [1.54, 1.807) is 0 Å². The van der Waals surface area contributed by atoms with E-state index < -0.39 is 0 Å². The molecule has 11 aromatic rings. The standard InChI is InChI=1S/C54H35NS/c1-2-15-36(16-3-1)37-31-33-40(34-32-37)43-23-10-11-28-49(43)55(50-29-13-20-39-18-5-7-22-42(39)50)51-35-48-53-46(44-26-12-19-38-17-4-6-21-41(38)44)27-14-30-52(53)56-54(48)47-25-9-8-24-45(47)51/h1-35H. The molecular weight excluding hydrogens is 695 g/mol. The first-order valence-electron chi connectivity index (χ1n) is 19.2. The lowest BCUT2D eigenvalue weighted by molar-refractivity contribution is 1.32. The Morgan fingerprint density at radius 3 is 1.66 bits per heavy atom. The summed E-state index contributed by atoms with van der Waals surface area (Å²) in [4.78, 5) is 2.52. The van der Waals surface area contributed by atoms with Crippen LogP contribution in [0.2, 0.25) is 0 Å². The Hall–Kier alpha value is -7.00. The second-order valence-corrected chi connectivity index (χ2v) is 15.5. The highest BCUT2D eigenvalue weighted by Gasteiger charge is 2.24. The third-order valence-corrected chi connectivity index (χ3v) is 12.5. The minimum atomic E-state index is 1.13. The van der Waals surface area contributed by atoms with Gasteiger partial charge in [0.25, 0.3) is 0 Å². The van der Waals surface area contributed by atoms with Gasteiger partial charge in [0.05, 0.1) is 17.1 Å². The van der Waals surface area contributed by atoms with Crippen LogP contribution in [0.15, 0.2) is 212 Å². The highest BCUT2D eigenvalue weighted by molar-refractivity contribution is 7.26. The topological polar surface area (TPSA) is 3.24 Å². The first-order chi connectivity index (χ1) is 27.8. The molecule has 0 fully saturated rings. The normalized spacial score (nSPS) is 11.6. The van der Waals surface area contributed by atoms with E-state index >= 15 is 0 Å². The van der Waals surface area contributed by atoms with Crippen molar-refractivity contribution >= 4 is 80.9 Å². The van der Waals surface area contributed by atoms with Crippen LogP contribution in [0.1, 0.15) is 0 Å². The molecule has 0 radical (unpaired) electrons. The van der Waals surface area contributed by atoms with Crippen molar-refractivity contribution in [2.75, 3.05) is 4.90 Å². The number of nitrogens with zero attached hydrogens (tertiary/aromatic N) is 1. The molecule has 0 spiro atoms. The molecule has 0 amide bonds. The SMILES string of the molecule is c1ccc(-c2ccc(-c3ccccc3N(c3cccc4ccccc34)c3cc4c(sc5cccc(-c6cccc7ccccc67)c54)c4ccccc34)cc2)cc1. The molecule has 262 valence electrons. The van der Waals surface area contributed by atoms with Gasteiger partial charge < -0.3 is 4.90 Å². The average Bonchev–Trinajstić information content (AvgIpc) is 3.66. The van der Waals surface area contributed by atoms with E-state index in [0.717, 1.165) is 17.1 Å².